The number of carbonyl (C=O) groups excluding carboxylic acids is 1. The first kappa shape index (κ1) is 9.78. The zero-order valence-electron chi connectivity index (χ0n) is 8.08. The normalized spacial score (nSPS) is 12.5. The monoisotopic (exact) mass is 177 g/mol. The van der Waals surface area contributed by atoms with E-state index in [1.807, 2.05) is 25.1 Å². The number of carbonyl (C=O) groups is 1. The predicted molar refractivity (Wildman–Crippen MR) is 54.7 cm³/mol. The van der Waals surface area contributed by atoms with Gasteiger partial charge in [0.15, 0.2) is 0 Å². The summed E-state index contributed by atoms with van der Waals surface area (Å²) < 4.78 is 0. The minimum atomic E-state index is -0.101. The van der Waals surface area contributed by atoms with Gasteiger partial charge in [-0.1, -0.05) is 26.0 Å². The maximum atomic E-state index is 10.7. The maximum absolute atomic E-state index is 10.7. The summed E-state index contributed by atoms with van der Waals surface area (Å²) in [5.74, 6) is -0.101. The van der Waals surface area contributed by atoms with Gasteiger partial charge < -0.3 is 10.5 Å². The van der Waals surface area contributed by atoms with Crippen molar-refractivity contribution < 1.29 is 4.79 Å². The molecular weight excluding hydrogens is 162 g/mol. The summed E-state index contributed by atoms with van der Waals surface area (Å²) in [5.41, 5.74) is 8.69. The van der Waals surface area contributed by atoms with Crippen molar-refractivity contribution in [3.63, 3.8) is 0 Å². The second-order valence-corrected chi connectivity index (χ2v) is 3.20. The Kier molecular flexibility index (Phi) is 3.07. The summed E-state index contributed by atoms with van der Waals surface area (Å²) in [4.78, 5) is 10.7. The third-order valence-electron chi connectivity index (χ3n) is 2.27. The van der Waals surface area contributed by atoms with Crippen molar-refractivity contribution in [2.45, 2.75) is 26.2 Å². The second kappa shape index (κ2) is 4.08. The molecule has 0 aliphatic heterocycles. The largest absolute Gasteiger partial charge is 0.398 e. The van der Waals surface area contributed by atoms with Gasteiger partial charge in [0.25, 0.3) is 0 Å². The van der Waals surface area contributed by atoms with Crippen LogP contribution in [0, 0.1) is 0 Å². The molecule has 2 N–H and O–H groups in total. The Morgan fingerprint density at radius 3 is 2.77 bits per heavy atom. The van der Waals surface area contributed by atoms with Crippen LogP contribution >= 0.6 is 0 Å². The summed E-state index contributed by atoms with van der Waals surface area (Å²) in [6.07, 6.45) is 1.85. The summed E-state index contributed by atoms with van der Waals surface area (Å²) in [6, 6.07) is 5.79. The van der Waals surface area contributed by atoms with Gasteiger partial charge in [-0.25, -0.2) is 0 Å². The van der Waals surface area contributed by atoms with Crippen LogP contribution in [0.1, 0.15) is 30.9 Å². The van der Waals surface area contributed by atoms with Gasteiger partial charge in [-0.05, 0) is 23.6 Å². The second-order valence-electron chi connectivity index (χ2n) is 3.20. The van der Waals surface area contributed by atoms with Crippen LogP contribution in [-0.2, 0) is 11.2 Å². The number of hydrogen-bond acceptors (Lipinski definition) is 2. The Morgan fingerprint density at radius 1 is 1.54 bits per heavy atom. The summed E-state index contributed by atoms with van der Waals surface area (Å²) >= 11 is 0. The SMILES string of the molecule is CCc1cccc(N)c1C(C)C=O. The van der Waals surface area contributed by atoms with Crippen LogP contribution in [0.2, 0.25) is 0 Å². The van der Waals surface area contributed by atoms with Crippen molar-refractivity contribution in [3.05, 3.63) is 29.3 Å². The molecule has 0 aliphatic carbocycles. The molecule has 1 aromatic rings. The van der Waals surface area contributed by atoms with Gasteiger partial charge in [0.2, 0.25) is 0 Å². The van der Waals surface area contributed by atoms with Gasteiger partial charge in [-0.3, -0.25) is 0 Å². The molecule has 0 radical (unpaired) electrons. The fraction of sp³-hybridized carbons (Fsp3) is 0.364. The van der Waals surface area contributed by atoms with E-state index in [1.54, 1.807) is 0 Å². The van der Waals surface area contributed by atoms with E-state index in [-0.39, 0.29) is 5.92 Å². The molecule has 0 heterocycles. The molecule has 2 heteroatoms. The number of nitrogen functional groups attached to an aromatic ring is 1. The highest BCUT2D eigenvalue weighted by molar-refractivity contribution is 5.68. The number of aldehydes is 1. The standard InChI is InChI=1S/C11H15NO/c1-3-9-5-4-6-10(12)11(9)8(2)7-13/h4-8H,3,12H2,1-2H3. The van der Waals surface area contributed by atoms with Crippen molar-refractivity contribution in [2.24, 2.45) is 0 Å². The Balaban J connectivity index is 3.22. The molecule has 0 spiro atoms. The predicted octanol–water partition coefficient (Wildman–Crippen LogP) is 2.13. The Morgan fingerprint density at radius 2 is 2.23 bits per heavy atom. The Labute approximate surface area is 78.8 Å². The molecule has 0 aliphatic rings. The van der Waals surface area contributed by atoms with Gasteiger partial charge >= 0.3 is 0 Å². The zero-order valence-corrected chi connectivity index (χ0v) is 8.08. The zero-order chi connectivity index (χ0) is 9.84. The lowest BCUT2D eigenvalue weighted by molar-refractivity contribution is -0.108. The Bertz CT molecular complexity index is 307. The third-order valence-corrected chi connectivity index (χ3v) is 2.27. The van der Waals surface area contributed by atoms with E-state index in [9.17, 15) is 4.79 Å². The number of benzene rings is 1. The van der Waals surface area contributed by atoms with Crippen LogP contribution in [0.25, 0.3) is 0 Å². The van der Waals surface area contributed by atoms with Crippen molar-refractivity contribution in [1.29, 1.82) is 0 Å². The smallest absolute Gasteiger partial charge is 0.127 e. The van der Waals surface area contributed by atoms with E-state index in [2.05, 4.69) is 6.92 Å². The van der Waals surface area contributed by atoms with Gasteiger partial charge in [0.05, 0.1) is 0 Å². The molecule has 0 fully saturated rings. The van der Waals surface area contributed by atoms with Gasteiger partial charge in [-0.2, -0.15) is 0 Å². The minimum Gasteiger partial charge on any atom is -0.398 e. The molecule has 0 saturated carbocycles. The first-order valence-electron chi connectivity index (χ1n) is 4.53. The van der Waals surface area contributed by atoms with Crippen LogP contribution in [-0.4, -0.2) is 6.29 Å². The van der Waals surface area contributed by atoms with Gasteiger partial charge in [0.1, 0.15) is 6.29 Å². The molecule has 0 amide bonds. The van der Waals surface area contributed by atoms with E-state index in [0.717, 1.165) is 24.0 Å². The topological polar surface area (TPSA) is 43.1 Å². The molecule has 1 atom stereocenters. The van der Waals surface area contributed by atoms with Crippen molar-refractivity contribution >= 4 is 12.0 Å². The van der Waals surface area contributed by atoms with Crippen LogP contribution in [0.3, 0.4) is 0 Å². The highest BCUT2D eigenvalue weighted by Gasteiger charge is 2.11. The summed E-state index contributed by atoms with van der Waals surface area (Å²) in [5, 5.41) is 0. The van der Waals surface area contributed by atoms with Crippen LogP contribution in [0.15, 0.2) is 18.2 Å². The number of nitrogens with two attached hydrogens (primary N) is 1. The quantitative estimate of drug-likeness (QED) is 0.567. The molecule has 0 bridgehead atoms. The molecular formula is C11H15NO. The van der Waals surface area contributed by atoms with Gasteiger partial charge in [0, 0.05) is 11.6 Å². The fourth-order valence-corrected chi connectivity index (χ4v) is 1.56. The molecule has 1 rings (SSSR count). The van der Waals surface area contributed by atoms with Gasteiger partial charge in [-0.15, -0.1) is 0 Å². The lowest BCUT2D eigenvalue weighted by Crippen LogP contribution is -2.04. The van der Waals surface area contributed by atoms with E-state index in [0.29, 0.717) is 0 Å². The first-order chi connectivity index (χ1) is 6.20. The van der Waals surface area contributed by atoms with Crippen LogP contribution in [0.5, 0.6) is 0 Å². The lowest BCUT2D eigenvalue weighted by atomic mass is 9.94. The maximum Gasteiger partial charge on any atom is 0.127 e. The lowest BCUT2D eigenvalue weighted by Gasteiger charge is -2.12. The molecule has 70 valence electrons. The summed E-state index contributed by atoms with van der Waals surface area (Å²) in [6.45, 7) is 3.94. The molecule has 1 aromatic carbocycles. The van der Waals surface area contributed by atoms with E-state index in [1.165, 1.54) is 5.56 Å². The Hall–Kier alpha value is -1.31. The molecule has 13 heavy (non-hydrogen) atoms. The minimum absolute atomic E-state index is 0.101. The van der Waals surface area contributed by atoms with Crippen LogP contribution in [0.4, 0.5) is 5.69 Å². The molecule has 0 aromatic heterocycles. The van der Waals surface area contributed by atoms with E-state index >= 15 is 0 Å². The first-order valence-corrected chi connectivity index (χ1v) is 4.53. The van der Waals surface area contributed by atoms with E-state index < -0.39 is 0 Å². The summed E-state index contributed by atoms with van der Waals surface area (Å²) in [7, 11) is 0. The van der Waals surface area contributed by atoms with Crippen molar-refractivity contribution in [2.75, 3.05) is 5.73 Å². The molecule has 0 saturated heterocycles. The fourth-order valence-electron chi connectivity index (χ4n) is 1.56. The number of hydrogen-bond donors (Lipinski definition) is 1. The van der Waals surface area contributed by atoms with Crippen molar-refractivity contribution in [3.8, 4) is 0 Å². The average Bonchev–Trinajstić information content (AvgIpc) is 2.16. The molecule has 2 nitrogen and oxygen atoms in total. The highest BCUT2D eigenvalue weighted by Crippen LogP contribution is 2.25. The number of anilines is 1. The van der Waals surface area contributed by atoms with Crippen molar-refractivity contribution in [1.82, 2.24) is 0 Å². The average molecular weight is 177 g/mol. The number of aryl methyl sites for hydroxylation is 1. The van der Waals surface area contributed by atoms with E-state index in [4.69, 9.17) is 5.73 Å². The highest BCUT2D eigenvalue weighted by atomic mass is 16.1. The number of rotatable bonds is 3. The third kappa shape index (κ3) is 1.89. The van der Waals surface area contributed by atoms with Crippen LogP contribution < -0.4 is 5.73 Å². The molecule has 1 unspecified atom stereocenters.